The zero-order valence-corrected chi connectivity index (χ0v) is 24.6. The number of hydrogen-bond donors (Lipinski definition) is 0. The first-order valence-corrected chi connectivity index (χ1v) is 14.1. The first kappa shape index (κ1) is 28.9. The van der Waals surface area contributed by atoms with Gasteiger partial charge in [-0.25, -0.2) is 32.1 Å². The van der Waals surface area contributed by atoms with Crippen LogP contribution in [0.15, 0.2) is 63.6 Å². The summed E-state index contributed by atoms with van der Waals surface area (Å²) < 4.78 is 55.4. The fourth-order valence-electron chi connectivity index (χ4n) is 6.12. The molecule has 13 nitrogen and oxygen atoms in total. The molecule has 1 fully saturated rings. The van der Waals surface area contributed by atoms with E-state index >= 15 is 0 Å². The van der Waals surface area contributed by atoms with E-state index in [1.807, 2.05) is 0 Å². The van der Waals surface area contributed by atoms with E-state index in [1.54, 1.807) is 30.1 Å². The summed E-state index contributed by atoms with van der Waals surface area (Å²) in [6.45, 7) is 0. The van der Waals surface area contributed by atoms with Crippen molar-refractivity contribution in [1.29, 1.82) is 0 Å². The van der Waals surface area contributed by atoms with Crippen molar-refractivity contribution in [1.82, 2.24) is 4.31 Å². The largest absolute Gasteiger partial charge is 0.497 e. The van der Waals surface area contributed by atoms with Crippen LogP contribution < -0.4 is 14.4 Å². The van der Waals surface area contributed by atoms with Crippen LogP contribution in [0.3, 0.4) is 0 Å². The first-order valence-electron chi connectivity index (χ1n) is 12.7. The average Bonchev–Trinajstić information content (AvgIpc) is 3.50. The number of ether oxygens (including phenoxy) is 5. The Hall–Kier alpha value is -4.59. The lowest BCUT2D eigenvalue weighted by molar-refractivity contribution is -0.144. The number of likely N-dealkylation sites (N-methyl/N-ethyl adjacent to an activating group) is 1. The van der Waals surface area contributed by atoms with Gasteiger partial charge >= 0.3 is 17.9 Å². The molecule has 1 saturated heterocycles. The van der Waals surface area contributed by atoms with Crippen LogP contribution in [0, 0.1) is 0 Å². The fourth-order valence-corrected chi connectivity index (χ4v) is 7.76. The summed E-state index contributed by atoms with van der Waals surface area (Å²) in [6.07, 6.45) is -0.169. The van der Waals surface area contributed by atoms with Crippen molar-refractivity contribution in [2.24, 2.45) is 4.99 Å². The van der Waals surface area contributed by atoms with E-state index in [1.165, 1.54) is 38.5 Å². The van der Waals surface area contributed by atoms with Crippen molar-refractivity contribution < 1.29 is 46.5 Å². The van der Waals surface area contributed by atoms with Crippen LogP contribution in [0.1, 0.15) is 12.0 Å². The van der Waals surface area contributed by atoms with E-state index in [0.29, 0.717) is 22.7 Å². The number of rotatable bonds is 7. The lowest BCUT2D eigenvalue weighted by Crippen LogP contribution is -2.55. The molecule has 0 radical (unpaired) electrons. The Morgan fingerprint density at radius 2 is 1.50 bits per heavy atom. The Labute approximate surface area is 242 Å². The second-order valence-corrected chi connectivity index (χ2v) is 11.6. The molecule has 3 heterocycles. The van der Waals surface area contributed by atoms with E-state index in [4.69, 9.17) is 23.7 Å². The molecule has 0 amide bonds. The fraction of sp³-hybridized carbons (Fsp3) is 0.357. The third-order valence-corrected chi connectivity index (χ3v) is 9.76. The standard InChI is InChI=1S/C28H29N3O10S/c1-30-19-12-9-16(38-3)13-18(19)28-14-20(24(32)39-4)31(42(35,36)17-10-7-15(37-2)8-11-17)27(28)29-22(26(34)41-6)21(23(28)30)25(33)40-5/h7-13,20,23H,14H2,1-6H3/t20-,23-,28-/m0/s1. The van der Waals surface area contributed by atoms with Crippen LogP contribution in [0.2, 0.25) is 0 Å². The molecule has 2 aromatic carbocycles. The molecule has 1 spiro atoms. The van der Waals surface area contributed by atoms with E-state index in [2.05, 4.69) is 4.99 Å². The molecular formula is C28H29N3O10S. The van der Waals surface area contributed by atoms with Gasteiger partial charge in [-0.1, -0.05) is 0 Å². The van der Waals surface area contributed by atoms with E-state index in [9.17, 15) is 22.8 Å². The Morgan fingerprint density at radius 1 is 0.881 bits per heavy atom. The van der Waals surface area contributed by atoms with Crippen molar-refractivity contribution in [2.45, 2.75) is 28.8 Å². The van der Waals surface area contributed by atoms with Crippen LogP contribution in [0.25, 0.3) is 0 Å². The predicted molar refractivity (Wildman–Crippen MR) is 148 cm³/mol. The maximum Gasteiger partial charge on any atom is 0.357 e. The molecule has 0 N–H and O–H groups in total. The first-order chi connectivity index (χ1) is 20.0. The van der Waals surface area contributed by atoms with Gasteiger partial charge < -0.3 is 28.6 Å². The molecule has 2 aromatic rings. The molecule has 3 atom stereocenters. The van der Waals surface area contributed by atoms with Gasteiger partial charge in [0.05, 0.1) is 57.5 Å². The number of amidine groups is 1. The number of sulfonamides is 1. The normalized spacial score (nSPS) is 22.5. The summed E-state index contributed by atoms with van der Waals surface area (Å²) in [5.41, 5.74) is -0.865. The lowest BCUT2D eigenvalue weighted by atomic mass is 9.69. The lowest BCUT2D eigenvalue weighted by Gasteiger charge is -2.39. The Balaban J connectivity index is 1.88. The van der Waals surface area contributed by atoms with Gasteiger partial charge in [-0.2, -0.15) is 0 Å². The van der Waals surface area contributed by atoms with Crippen molar-refractivity contribution >= 4 is 39.5 Å². The number of aliphatic imine (C=N–C) groups is 1. The van der Waals surface area contributed by atoms with Crippen LogP contribution in [0.5, 0.6) is 11.5 Å². The molecule has 0 aromatic heterocycles. The summed E-state index contributed by atoms with van der Waals surface area (Å²) >= 11 is 0. The zero-order valence-electron chi connectivity index (χ0n) is 23.7. The monoisotopic (exact) mass is 599 g/mol. The summed E-state index contributed by atoms with van der Waals surface area (Å²) in [6, 6.07) is 8.34. The van der Waals surface area contributed by atoms with Gasteiger partial charge in [0.2, 0.25) is 0 Å². The zero-order chi connectivity index (χ0) is 30.6. The maximum absolute atomic E-state index is 14.4. The van der Waals surface area contributed by atoms with E-state index < -0.39 is 51.1 Å². The molecule has 42 heavy (non-hydrogen) atoms. The highest BCUT2D eigenvalue weighted by molar-refractivity contribution is 7.89. The second kappa shape index (κ2) is 10.4. The predicted octanol–water partition coefficient (Wildman–Crippen LogP) is 1.41. The Kier molecular flexibility index (Phi) is 7.13. The van der Waals surface area contributed by atoms with Crippen molar-refractivity contribution in [3.05, 3.63) is 59.3 Å². The van der Waals surface area contributed by atoms with Gasteiger partial charge in [-0.3, -0.25) is 0 Å². The van der Waals surface area contributed by atoms with Gasteiger partial charge in [0.15, 0.2) is 5.70 Å². The molecule has 0 unspecified atom stereocenters. The molecule has 0 bridgehead atoms. The highest BCUT2D eigenvalue weighted by Gasteiger charge is 2.68. The minimum atomic E-state index is -4.51. The number of carbonyl (C=O) groups excluding carboxylic acids is 3. The van der Waals surface area contributed by atoms with Crippen molar-refractivity contribution in [3.8, 4) is 11.5 Å². The van der Waals surface area contributed by atoms with Gasteiger partial charge in [0.25, 0.3) is 10.0 Å². The number of esters is 3. The summed E-state index contributed by atoms with van der Waals surface area (Å²) in [5.74, 6) is -1.98. The average molecular weight is 600 g/mol. The topological polar surface area (TPSA) is 150 Å². The van der Waals surface area contributed by atoms with Crippen LogP contribution in [-0.4, -0.2) is 91.1 Å². The molecular weight excluding hydrogens is 570 g/mol. The number of benzene rings is 2. The number of hydrogen-bond acceptors (Lipinski definition) is 12. The molecule has 5 rings (SSSR count). The molecule has 14 heteroatoms. The highest BCUT2D eigenvalue weighted by Crippen LogP contribution is 2.58. The smallest absolute Gasteiger partial charge is 0.357 e. The van der Waals surface area contributed by atoms with E-state index in [0.717, 1.165) is 25.6 Å². The number of fused-ring (bicyclic) bond motifs is 1. The Morgan fingerprint density at radius 3 is 2.07 bits per heavy atom. The van der Waals surface area contributed by atoms with Gasteiger partial charge in [-0.15, -0.1) is 0 Å². The molecule has 222 valence electrons. The van der Waals surface area contributed by atoms with Crippen molar-refractivity contribution in [2.75, 3.05) is 47.5 Å². The van der Waals surface area contributed by atoms with Crippen LogP contribution in [0.4, 0.5) is 5.69 Å². The number of carbonyl (C=O) groups is 3. The Bertz CT molecular complexity index is 1650. The van der Waals surface area contributed by atoms with Gasteiger partial charge in [0, 0.05) is 12.7 Å². The summed E-state index contributed by atoms with van der Waals surface area (Å²) in [5, 5.41) is 0. The third-order valence-electron chi connectivity index (χ3n) is 7.94. The number of anilines is 1. The van der Waals surface area contributed by atoms with Gasteiger partial charge in [-0.05, 0) is 54.4 Å². The minimum Gasteiger partial charge on any atom is -0.497 e. The molecule has 0 saturated carbocycles. The van der Waals surface area contributed by atoms with Crippen LogP contribution >= 0.6 is 0 Å². The second-order valence-electron chi connectivity index (χ2n) is 9.77. The van der Waals surface area contributed by atoms with E-state index in [-0.39, 0.29) is 22.7 Å². The third kappa shape index (κ3) is 3.92. The quantitative estimate of drug-likeness (QED) is 0.336. The molecule has 3 aliphatic heterocycles. The number of nitrogens with zero attached hydrogens (tertiary/aromatic N) is 3. The van der Waals surface area contributed by atoms with Gasteiger partial charge in [0.1, 0.15) is 23.4 Å². The molecule has 3 aliphatic rings. The molecule has 0 aliphatic carbocycles. The summed E-state index contributed by atoms with van der Waals surface area (Å²) in [4.78, 5) is 45.9. The highest BCUT2D eigenvalue weighted by atomic mass is 32.2. The number of methoxy groups -OCH3 is 5. The summed E-state index contributed by atoms with van der Waals surface area (Å²) in [7, 11) is 3.53. The van der Waals surface area contributed by atoms with Crippen LogP contribution in [-0.2, 0) is 44.0 Å². The SMILES string of the molecule is COC(=O)C1=C(C(=O)OC)[C@@H]2N(C)c3ccc(OC)cc3[C@@]23C[C@@H](C(=O)OC)N(S(=O)(=O)c2ccc(OC)cc2)C3=N1. The maximum atomic E-state index is 14.4. The van der Waals surface area contributed by atoms with Crippen molar-refractivity contribution in [3.63, 3.8) is 0 Å². The minimum absolute atomic E-state index is 0.141.